The summed E-state index contributed by atoms with van der Waals surface area (Å²) in [6.45, 7) is 5.29. The van der Waals surface area contributed by atoms with E-state index in [1.54, 1.807) is 20.8 Å². The average molecular weight is 336 g/mol. The lowest BCUT2D eigenvalue weighted by Crippen LogP contribution is -2.32. The summed E-state index contributed by atoms with van der Waals surface area (Å²) < 4.78 is 43.1. The van der Waals surface area contributed by atoms with Crippen molar-refractivity contribution in [3.63, 3.8) is 0 Å². The van der Waals surface area contributed by atoms with Gasteiger partial charge in [0.25, 0.3) is 0 Å². The number of halogens is 4. The van der Waals surface area contributed by atoms with Crippen LogP contribution in [0.15, 0.2) is 24.3 Å². The number of alkyl carbamates (subject to hydrolysis) is 1. The lowest BCUT2D eigenvalue weighted by molar-refractivity contribution is -0.137. The Morgan fingerprint density at radius 2 is 1.95 bits per heavy atom. The molecule has 0 aliphatic heterocycles. The molecule has 22 heavy (non-hydrogen) atoms. The zero-order valence-corrected chi connectivity index (χ0v) is 13.2. The van der Waals surface area contributed by atoms with Gasteiger partial charge < -0.3 is 10.1 Å². The lowest BCUT2D eigenvalue weighted by Gasteiger charge is -2.19. The van der Waals surface area contributed by atoms with Gasteiger partial charge in [0.1, 0.15) is 5.60 Å². The van der Waals surface area contributed by atoms with Crippen LogP contribution < -0.4 is 5.32 Å². The molecule has 122 valence electrons. The first-order chi connectivity index (χ1) is 10.0. The van der Waals surface area contributed by atoms with E-state index in [9.17, 15) is 18.0 Å². The SMILES string of the molecule is CC(C)(C)OC(=O)NCC=Cc1cccc(C(F)(F)F)c1Cl. The molecule has 7 heteroatoms. The van der Waals surface area contributed by atoms with Gasteiger partial charge >= 0.3 is 12.3 Å². The molecule has 0 unspecified atom stereocenters. The molecule has 0 atom stereocenters. The normalized spacial score (nSPS) is 12.5. The zero-order valence-electron chi connectivity index (χ0n) is 12.4. The highest BCUT2D eigenvalue weighted by Crippen LogP contribution is 2.36. The van der Waals surface area contributed by atoms with Gasteiger partial charge in [0.2, 0.25) is 0 Å². The molecule has 0 aliphatic carbocycles. The molecule has 0 bridgehead atoms. The van der Waals surface area contributed by atoms with Crippen molar-refractivity contribution in [3.8, 4) is 0 Å². The number of hydrogen-bond acceptors (Lipinski definition) is 2. The van der Waals surface area contributed by atoms with Crippen molar-refractivity contribution in [2.75, 3.05) is 6.54 Å². The third kappa shape index (κ3) is 5.97. The fraction of sp³-hybridized carbons (Fsp3) is 0.400. The van der Waals surface area contributed by atoms with Crippen molar-refractivity contribution in [1.82, 2.24) is 5.32 Å². The van der Waals surface area contributed by atoms with Crippen LogP contribution in [0.3, 0.4) is 0 Å². The smallest absolute Gasteiger partial charge is 0.417 e. The maximum absolute atomic E-state index is 12.7. The van der Waals surface area contributed by atoms with E-state index in [-0.39, 0.29) is 17.1 Å². The Labute approximate surface area is 132 Å². The van der Waals surface area contributed by atoms with Crippen LogP contribution in [0.1, 0.15) is 31.9 Å². The number of hydrogen-bond donors (Lipinski definition) is 1. The molecule has 1 aromatic rings. The number of amides is 1. The van der Waals surface area contributed by atoms with Gasteiger partial charge in [-0.1, -0.05) is 35.9 Å². The molecule has 0 spiro atoms. The molecule has 0 aromatic heterocycles. The summed E-state index contributed by atoms with van der Waals surface area (Å²) in [5.74, 6) is 0. The molecule has 0 aliphatic rings. The molecule has 0 heterocycles. The highest BCUT2D eigenvalue weighted by atomic mass is 35.5. The maximum atomic E-state index is 12.7. The van der Waals surface area contributed by atoms with Crippen molar-refractivity contribution < 1.29 is 22.7 Å². The zero-order chi connectivity index (χ0) is 17.0. The van der Waals surface area contributed by atoms with E-state index < -0.39 is 23.4 Å². The van der Waals surface area contributed by atoms with Gasteiger partial charge in [-0.15, -0.1) is 0 Å². The maximum Gasteiger partial charge on any atom is 0.417 e. The Morgan fingerprint density at radius 1 is 1.32 bits per heavy atom. The second kappa shape index (κ2) is 7.05. The average Bonchev–Trinajstić information content (AvgIpc) is 2.32. The van der Waals surface area contributed by atoms with Crippen LogP contribution in [0.5, 0.6) is 0 Å². The number of benzene rings is 1. The van der Waals surface area contributed by atoms with E-state index >= 15 is 0 Å². The van der Waals surface area contributed by atoms with Crippen molar-refractivity contribution >= 4 is 23.8 Å². The second-order valence-corrected chi connectivity index (χ2v) is 5.87. The third-order valence-electron chi connectivity index (χ3n) is 2.39. The Morgan fingerprint density at radius 3 is 2.50 bits per heavy atom. The van der Waals surface area contributed by atoms with Gasteiger partial charge in [0.15, 0.2) is 0 Å². The molecular weight excluding hydrogens is 319 g/mol. The summed E-state index contributed by atoms with van der Waals surface area (Å²) in [5.41, 5.74) is -1.28. The summed E-state index contributed by atoms with van der Waals surface area (Å²) in [5, 5.41) is 2.09. The first-order valence-electron chi connectivity index (χ1n) is 6.50. The fourth-order valence-electron chi connectivity index (χ4n) is 1.54. The number of nitrogens with one attached hydrogen (secondary N) is 1. The number of rotatable bonds is 3. The summed E-state index contributed by atoms with van der Waals surface area (Å²) >= 11 is 5.74. The topological polar surface area (TPSA) is 38.3 Å². The predicted molar refractivity (Wildman–Crippen MR) is 79.7 cm³/mol. The fourth-order valence-corrected chi connectivity index (χ4v) is 1.84. The van der Waals surface area contributed by atoms with Crippen molar-refractivity contribution in [1.29, 1.82) is 0 Å². The van der Waals surface area contributed by atoms with Gasteiger partial charge in [0.05, 0.1) is 10.6 Å². The van der Waals surface area contributed by atoms with Gasteiger partial charge in [-0.05, 0) is 32.4 Å². The molecule has 1 rings (SSSR count). The summed E-state index contributed by atoms with van der Waals surface area (Å²) in [4.78, 5) is 11.4. The third-order valence-corrected chi connectivity index (χ3v) is 2.82. The monoisotopic (exact) mass is 335 g/mol. The van der Waals surface area contributed by atoms with E-state index in [1.807, 2.05) is 0 Å². The van der Waals surface area contributed by atoms with Crippen molar-refractivity contribution in [2.45, 2.75) is 32.5 Å². The highest BCUT2D eigenvalue weighted by Gasteiger charge is 2.33. The van der Waals surface area contributed by atoms with Crippen LogP contribution in [0.25, 0.3) is 6.08 Å². The minimum Gasteiger partial charge on any atom is -0.444 e. The Balaban J connectivity index is 2.67. The van der Waals surface area contributed by atoms with Crippen LogP contribution in [-0.2, 0) is 10.9 Å². The molecule has 1 N–H and O–H groups in total. The Bertz CT molecular complexity index is 563. The minimum atomic E-state index is -4.50. The molecule has 0 saturated heterocycles. The summed E-state index contributed by atoms with van der Waals surface area (Å²) in [6.07, 6.45) is -2.21. The predicted octanol–water partition coefficient (Wildman–Crippen LogP) is 4.90. The molecule has 0 radical (unpaired) electrons. The first kappa shape index (κ1) is 18.4. The molecule has 0 saturated carbocycles. The standard InChI is InChI=1S/C15H17ClF3NO2/c1-14(2,3)22-13(21)20-9-5-7-10-6-4-8-11(12(10)16)15(17,18)19/h4-8H,9H2,1-3H3,(H,20,21). The molecule has 3 nitrogen and oxygen atoms in total. The lowest BCUT2D eigenvalue weighted by atomic mass is 10.1. The number of carbonyl (C=O) groups is 1. The number of alkyl halides is 3. The molecule has 0 fully saturated rings. The van der Waals surface area contributed by atoms with Gasteiger partial charge in [-0.3, -0.25) is 0 Å². The van der Waals surface area contributed by atoms with E-state index in [0.717, 1.165) is 6.07 Å². The largest absolute Gasteiger partial charge is 0.444 e. The van der Waals surface area contributed by atoms with Crippen LogP contribution in [-0.4, -0.2) is 18.2 Å². The molecule has 1 aromatic carbocycles. The van der Waals surface area contributed by atoms with Gasteiger partial charge in [-0.25, -0.2) is 4.79 Å². The van der Waals surface area contributed by atoms with Crippen LogP contribution >= 0.6 is 11.6 Å². The number of carbonyl (C=O) groups excluding carboxylic acids is 1. The van der Waals surface area contributed by atoms with Crippen molar-refractivity contribution in [2.24, 2.45) is 0 Å². The Hall–Kier alpha value is -1.69. The van der Waals surface area contributed by atoms with Gasteiger partial charge in [-0.2, -0.15) is 13.2 Å². The van der Waals surface area contributed by atoms with Crippen molar-refractivity contribution in [3.05, 3.63) is 40.4 Å². The van der Waals surface area contributed by atoms with Crippen LogP contribution in [0, 0.1) is 0 Å². The minimum absolute atomic E-state index is 0.113. The van der Waals surface area contributed by atoms with E-state index in [4.69, 9.17) is 16.3 Å². The van der Waals surface area contributed by atoms with Crippen LogP contribution in [0.2, 0.25) is 5.02 Å². The quantitative estimate of drug-likeness (QED) is 0.853. The number of ether oxygens (including phenoxy) is 1. The van der Waals surface area contributed by atoms with E-state index in [1.165, 1.54) is 24.3 Å². The summed E-state index contributed by atoms with van der Waals surface area (Å²) in [6, 6.07) is 3.65. The molecule has 1 amide bonds. The van der Waals surface area contributed by atoms with Gasteiger partial charge in [0, 0.05) is 6.54 Å². The Kier molecular flexibility index (Phi) is 5.88. The first-order valence-corrected chi connectivity index (χ1v) is 6.87. The highest BCUT2D eigenvalue weighted by molar-refractivity contribution is 6.32. The van der Waals surface area contributed by atoms with Crippen LogP contribution in [0.4, 0.5) is 18.0 Å². The summed E-state index contributed by atoms with van der Waals surface area (Å²) in [7, 11) is 0. The van der Waals surface area contributed by atoms with E-state index in [2.05, 4.69) is 5.32 Å². The molecular formula is C15H17ClF3NO2. The van der Waals surface area contributed by atoms with E-state index in [0.29, 0.717) is 0 Å². The second-order valence-electron chi connectivity index (χ2n) is 5.49.